The second kappa shape index (κ2) is 3.81. The number of hydrogen-bond acceptors (Lipinski definition) is 1. The Kier molecular flexibility index (Phi) is 2.71. The fourth-order valence-corrected chi connectivity index (χ4v) is 3.04. The Balaban J connectivity index is 1.97. The van der Waals surface area contributed by atoms with E-state index in [4.69, 9.17) is 0 Å². The SMILES string of the molecule is O=C1CCC2(CCCCCC2)CC1. The van der Waals surface area contributed by atoms with E-state index in [0.717, 1.165) is 12.8 Å². The molecule has 0 radical (unpaired) electrons. The number of carbonyl (C=O) groups excluding carboxylic acids is 1. The van der Waals surface area contributed by atoms with Crippen molar-refractivity contribution >= 4 is 5.78 Å². The van der Waals surface area contributed by atoms with Crippen LogP contribution < -0.4 is 0 Å². The van der Waals surface area contributed by atoms with Crippen LogP contribution in [0.2, 0.25) is 0 Å². The summed E-state index contributed by atoms with van der Waals surface area (Å²) in [4.78, 5) is 11.2. The summed E-state index contributed by atoms with van der Waals surface area (Å²) in [5.41, 5.74) is 0.602. The van der Waals surface area contributed by atoms with Gasteiger partial charge < -0.3 is 0 Å². The van der Waals surface area contributed by atoms with Gasteiger partial charge in [-0.2, -0.15) is 0 Å². The molecular formula is C12H20O. The number of Topliss-reactive ketones (excluding diaryl/α,β-unsaturated/α-hetero) is 1. The van der Waals surface area contributed by atoms with Gasteiger partial charge in [-0.3, -0.25) is 4.79 Å². The van der Waals surface area contributed by atoms with Gasteiger partial charge in [0.1, 0.15) is 5.78 Å². The van der Waals surface area contributed by atoms with Crippen molar-refractivity contribution in [2.24, 2.45) is 5.41 Å². The van der Waals surface area contributed by atoms with E-state index in [1.807, 2.05) is 0 Å². The maximum absolute atomic E-state index is 11.2. The molecule has 0 aromatic carbocycles. The third kappa shape index (κ3) is 2.12. The quantitative estimate of drug-likeness (QED) is 0.558. The lowest BCUT2D eigenvalue weighted by atomic mass is 9.69. The molecule has 0 aliphatic heterocycles. The molecule has 1 spiro atoms. The van der Waals surface area contributed by atoms with Crippen molar-refractivity contribution in [3.63, 3.8) is 0 Å². The molecule has 0 amide bonds. The molecule has 1 heteroatoms. The molecule has 2 saturated carbocycles. The van der Waals surface area contributed by atoms with Crippen LogP contribution in [0.1, 0.15) is 64.2 Å². The lowest BCUT2D eigenvalue weighted by Crippen LogP contribution is -2.26. The highest BCUT2D eigenvalue weighted by Crippen LogP contribution is 2.45. The average molecular weight is 180 g/mol. The van der Waals surface area contributed by atoms with Gasteiger partial charge in [-0.25, -0.2) is 0 Å². The molecule has 2 aliphatic carbocycles. The van der Waals surface area contributed by atoms with Crippen molar-refractivity contribution in [2.45, 2.75) is 64.2 Å². The van der Waals surface area contributed by atoms with Crippen LogP contribution in [0.3, 0.4) is 0 Å². The minimum atomic E-state index is 0.509. The van der Waals surface area contributed by atoms with E-state index in [2.05, 4.69) is 0 Å². The van der Waals surface area contributed by atoms with Crippen molar-refractivity contribution in [3.05, 3.63) is 0 Å². The van der Waals surface area contributed by atoms with Crippen LogP contribution in [-0.4, -0.2) is 5.78 Å². The van der Waals surface area contributed by atoms with Gasteiger partial charge in [-0.15, -0.1) is 0 Å². The smallest absolute Gasteiger partial charge is 0.132 e. The monoisotopic (exact) mass is 180 g/mol. The van der Waals surface area contributed by atoms with Gasteiger partial charge in [0, 0.05) is 12.8 Å². The normalized spacial score (nSPS) is 28.8. The maximum atomic E-state index is 11.2. The molecule has 0 unspecified atom stereocenters. The molecule has 0 aromatic rings. The molecule has 2 rings (SSSR count). The van der Waals surface area contributed by atoms with Gasteiger partial charge in [0.15, 0.2) is 0 Å². The van der Waals surface area contributed by atoms with Crippen molar-refractivity contribution in [1.29, 1.82) is 0 Å². The van der Waals surface area contributed by atoms with Crippen LogP contribution in [0.5, 0.6) is 0 Å². The zero-order valence-corrected chi connectivity index (χ0v) is 8.48. The largest absolute Gasteiger partial charge is 0.300 e. The van der Waals surface area contributed by atoms with Gasteiger partial charge >= 0.3 is 0 Å². The standard InChI is InChI=1S/C12H20O/c13-11-5-9-12(10-6-11)7-3-1-2-4-8-12/h1-10H2. The Morgan fingerprint density at radius 3 is 1.85 bits per heavy atom. The van der Waals surface area contributed by atoms with E-state index >= 15 is 0 Å². The summed E-state index contributed by atoms with van der Waals surface area (Å²) < 4.78 is 0. The lowest BCUT2D eigenvalue weighted by molar-refractivity contribution is -0.122. The number of rotatable bonds is 0. The Morgan fingerprint density at radius 2 is 1.31 bits per heavy atom. The first-order valence-corrected chi connectivity index (χ1v) is 5.83. The summed E-state index contributed by atoms with van der Waals surface area (Å²) in [7, 11) is 0. The van der Waals surface area contributed by atoms with Crippen molar-refractivity contribution < 1.29 is 4.79 Å². The highest BCUT2D eigenvalue weighted by molar-refractivity contribution is 5.79. The zero-order valence-electron chi connectivity index (χ0n) is 8.48. The fourth-order valence-electron chi connectivity index (χ4n) is 3.04. The fraction of sp³-hybridized carbons (Fsp3) is 0.917. The molecule has 2 fully saturated rings. The Labute approximate surface area is 80.9 Å². The van der Waals surface area contributed by atoms with Crippen LogP contribution in [0, 0.1) is 5.41 Å². The van der Waals surface area contributed by atoms with E-state index in [9.17, 15) is 4.79 Å². The van der Waals surface area contributed by atoms with Gasteiger partial charge in [-0.1, -0.05) is 25.7 Å². The molecule has 0 heterocycles. The van der Waals surface area contributed by atoms with E-state index in [1.54, 1.807) is 0 Å². The predicted octanol–water partition coefficient (Wildman–Crippen LogP) is 3.47. The second-order valence-corrected chi connectivity index (χ2v) is 4.95. The average Bonchev–Trinajstić information content (AvgIpc) is 2.37. The minimum absolute atomic E-state index is 0.509. The first-order valence-electron chi connectivity index (χ1n) is 5.83. The number of ketones is 1. The van der Waals surface area contributed by atoms with Crippen LogP contribution in [0.15, 0.2) is 0 Å². The Hall–Kier alpha value is -0.330. The maximum Gasteiger partial charge on any atom is 0.132 e. The van der Waals surface area contributed by atoms with Crippen molar-refractivity contribution in [3.8, 4) is 0 Å². The molecule has 0 saturated heterocycles. The zero-order chi connectivity index (χ0) is 9.15. The summed E-state index contributed by atoms with van der Waals surface area (Å²) in [6.07, 6.45) is 12.6. The molecule has 13 heavy (non-hydrogen) atoms. The topological polar surface area (TPSA) is 17.1 Å². The molecule has 2 aliphatic rings. The lowest BCUT2D eigenvalue weighted by Gasteiger charge is -2.36. The summed E-state index contributed by atoms with van der Waals surface area (Å²) in [5.74, 6) is 0.509. The van der Waals surface area contributed by atoms with Gasteiger partial charge in [0.25, 0.3) is 0 Å². The third-order valence-electron chi connectivity index (χ3n) is 4.03. The number of hydrogen-bond donors (Lipinski definition) is 0. The van der Waals surface area contributed by atoms with Crippen molar-refractivity contribution in [1.82, 2.24) is 0 Å². The van der Waals surface area contributed by atoms with Crippen LogP contribution in [0.4, 0.5) is 0 Å². The van der Waals surface area contributed by atoms with E-state index in [-0.39, 0.29) is 0 Å². The Bertz CT molecular complexity index is 175. The molecule has 0 N–H and O–H groups in total. The second-order valence-electron chi connectivity index (χ2n) is 4.95. The van der Waals surface area contributed by atoms with E-state index in [0.29, 0.717) is 11.2 Å². The van der Waals surface area contributed by atoms with Crippen LogP contribution in [0.25, 0.3) is 0 Å². The highest BCUT2D eigenvalue weighted by atomic mass is 16.1. The third-order valence-corrected chi connectivity index (χ3v) is 4.03. The first-order chi connectivity index (χ1) is 6.31. The van der Waals surface area contributed by atoms with E-state index in [1.165, 1.54) is 51.4 Å². The van der Waals surface area contributed by atoms with Gasteiger partial charge in [-0.05, 0) is 31.1 Å². The summed E-state index contributed by atoms with van der Waals surface area (Å²) in [6.45, 7) is 0. The molecule has 1 nitrogen and oxygen atoms in total. The molecule has 74 valence electrons. The molecular weight excluding hydrogens is 160 g/mol. The predicted molar refractivity (Wildman–Crippen MR) is 53.6 cm³/mol. The van der Waals surface area contributed by atoms with Gasteiger partial charge in [0.05, 0.1) is 0 Å². The molecule has 0 aromatic heterocycles. The first kappa shape index (κ1) is 9.23. The molecule has 0 atom stereocenters. The highest BCUT2D eigenvalue weighted by Gasteiger charge is 2.34. The van der Waals surface area contributed by atoms with Gasteiger partial charge in [0.2, 0.25) is 0 Å². The van der Waals surface area contributed by atoms with Crippen molar-refractivity contribution in [2.75, 3.05) is 0 Å². The molecule has 0 bridgehead atoms. The summed E-state index contributed by atoms with van der Waals surface area (Å²) in [5, 5.41) is 0. The minimum Gasteiger partial charge on any atom is -0.300 e. The Morgan fingerprint density at radius 1 is 0.769 bits per heavy atom. The number of carbonyl (C=O) groups is 1. The van der Waals surface area contributed by atoms with Crippen LogP contribution in [-0.2, 0) is 4.79 Å². The summed E-state index contributed by atoms with van der Waals surface area (Å²) >= 11 is 0. The van der Waals surface area contributed by atoms with E-state index < -0.39 is 0 Å². The summed E-state index contributed by atoms with van der Waals surface area (Å²) in [6, 6.07) is 0. The van der Waals surface area contributed by atoms with Crippen LogP contribution >= 0.6 is 0 Å².